The van der Waals surface area contributed by atoms with Crippen molar-refractivity contribution in [3.63, 3.8) is 0 Å². The van der Waals surface area contributed by atoms with Crippen molar-refractivity contribution < 1.29 is 13.9 Å². The van der Waals surface area contributed by atoms with Gasteiger partial charge in [0.05, 0.1) is 12.3 Å². The smallest absolute Gasteiger partial charge is 0.266 e. The van der Waals surface area contributed by atoms with Crippen molar-refractivity contribution in [1.82, 2.24) is 4.98 Å². The van der Waals surface area contributed by atoms with Crippen molar-refractivity contribution in [3.8, 4) is 0 Å². The number of aryl methyl sites for hydroxylation is 1. The fraction of sp³-hybridized carbons (Fsp3) is 0.375. The van der Waals surface area contributed by atoms with Crippen LogP contribution in [0.5, 0.6) is 0 Å². The Balaban J connectivity index is 3.20. The van der Waals surface area contributed by atoms with Crippen LogP contribution in [0.3, 0.4) is 0 Å². The summed E-state index contributed by atoms with van der Waals surface area (Å²) in [5.74, 6) is 0. The molecule has 72 valence electrons. The lowest BCUT2D eigenvalue weighted by Crippen LogP contribution is -2.01. The molecule has 0 atom stereocenters. The molecule has 0 fully saturated rings. The highest BCUT2D eigenvalue weighted by Crippen LogP contribution is 2.25. The molecular weight excluding hydrogens is 291 g/mol. The average Bonchev–Trinajstić information content (AvgIpc) is 2.07. The first-order chi connectivity index (χ1) is 6.06. The first kappa shape index (κ1) is 10.8. The Morgan fingerprint density at radius 2 is 2.23 bits per heavy atom. The zero-order valence-electron chi connectivity index (χ0n) is 6.89. The van der Waals surface area contributed by atoms with E-state index in [4.69, 9.17) is 5.11 Å². The summed E-state index contributed by atoms with van der Waals surface area (Å²) in [4.78, 5) is 3.87. The van der Waals surface area contributed by atoms with Crippen molar-refractivity contribution in [3.05, 3.63) is 26.6 Å². The van der Waals surface area contributed by atoms with Gasteiger partial charge in [0.1, 0.15) is 3.70 Å². The van der Waals surface area contributed by atoms with E-state index in [-0.39, 0.29) is 15.9 Å². The van der Waals surface area contributed by atoms with E-state index in [1.54, 1.807) is 29.5 Å². The largest absolute Gasteiger partial charge is 0.390 e. The standard InChI is InChI=1S/C8H8F2INO/c1-4-2-5(7(9)10)8(11)12-6(4)3-13/h2,7,13H,3H2,1H3. The molecule has 0 aromatic carbocycles. The fourth-order valence-corrected chi connectivity index (χ4v) is 1.64. The number of aliphatic hydroxyl groups excluding tert-OH is 1. The van der Waals surface area contributed by atoms with Gasteiger partial charge in [-0.2, -0.15) is 0 Å². The second-order valence-electron chi connectivity index (χ2n) is 2.59. The predicted molar refractivity (Wildman–Crippen MR) is 52.6 cm³/mol. The van der Waals surface area contributed by atoms with Gasteiger partial charge >= 0.3 is 0 Å². The fourth-order valence-electron chi connectivity index (χ4n) is 0.960. The van der Waals surface area contributed by atoms with Crippen molar-refractivity contribution in [2.45, 2.75) is 20.0 Å². The summed E-state index contributed by atoms with van der Waals surface area (Å²) < 4.78 is 24.9. The van der Waals surface area contributed by atoms with Crippen LogP contribution < -0.4 is 0 Å². The van der Waals surface area contributed by atoms with E-state index in [9.17, 15) is 8.78 Å². The third-order valence-electron chi connectivity index (χ3n) is 1.68. The maximum absolute atomic E-state index is 12.3. The number of aromatic nitrogens is 1. The Kier molecular flexibility index (Phi) is 3.55. The minimum atomic E-state index is -2.51. The Morgan fingerprint density at radius 3 is 2.69 bits per heavy atom. The number of alkyl halides is 2. The van der Waals surface area contributed by atoms with Crippen molar-refractivity contribution in [2.75, 3.05) is 0 Å². The number of hydrogen-bond donors (Lipinski definition) is 1. The highest BCUT2D eigenvalue weighted by atomic mass is 127. The highest BCUT2D eigenvalue weighted by Gasteiger charge is 2.14. The second-order valence-corrected chi connectivity index (χ2v) is 3.61. The van der Waals surface area contributed by atoms with E-state index in [1.807, 2.05) is 0 Å². The lowest BCUT2D eigenvalue weighted by Gasteiger charge is -2.07. The van der Waals surface area contributed by atoms with Crippen LogP contribution in [-0.2, 0) is 6.61 Å². The monoisotopic (exact) mass is 299 g/mol. The van der Waals surface area contributed by atoms with Gasteiger partial charge in [-0.15, -0.1) is 0 Å². The molecule has 1 N–H and O–H groups in total. The Labute approximate surface area is 88.1 Å². The predicted octanol–water partition coefficient (Wildman–Crippen LogP) is 2.42. The van der Waals surface area contributed by atoms with Gasteiger partial charge in [-0.25, -0.2) is 13.8 Å². The summed E-state index contributed by atoms with van der Waals surface area (Å²) in [5.41, 5.74) is 0.974. The Bertz CT molecular complexity index is 317. The topological polar surface area (TPSA) is 33.1 Å². The van der Waals surface area contributed by atoms with Crippen LogP contribution in [0.4, 0.5) is 8.78 Å². The summed E-state index contributed by atoms with van der Waals surface area (Å²) in [7, 11) is 0. The van der Waals surface area contributed by atoms with Gasteiger partial charge in [0.15, 0.2) is 0 Å². The molecule has 0 saturated heterocycles. The first-order valence-corrected chi connectivity index (χ1v) is 4.69. The number of pyridine rings is 1. The lowest BCUT2D eigenvalue weighted by atomic mass is 10.1. The number of rotatable bonds is 2. The van der Waals surface area contributed by atoms with Crippen LogP contribution in [0.2, 0.25) is 0 Å². The van der Waals surface area contributed by atoms with Crippen LogP contribution in [0, 0.1) is 10.6 Å². The molecular formula is C8H8F2INO. The molecule has 0 unspecified atom stereocenters. The molecule has 0 saturated carbocycles. The molecule has 1 heterocycles. The molecule has 0 amide bonds. The molecule has 1 aromatic heterocycles. The third kappa shape index (κ3) is 2.34. The summed E-state index contributed by atoms with van der Waals surface area (Å²) >= 11 is 1.74. The summed E-state index contributed by atoms with van der Waals surface area (Å²) in [6, 6.07) is 1.37. The molecule has 13 heavy (non-hydrogen) atoms. The SMILES string of the molecule is Cc1cc(C(F)F)c(I)nc1CO. The Hall–Kier alpha value is -0.300. The van der Waals surface area contributed by atoms with E-state index >= 15 is 0 Å². The van der Waals surface area contributed by atoms with Gasteiger partial charge in [0.2, 0.25) is 0 Å². The molecule has 1 rings (SSSR count). The minimum absolute atomic E-state index is 0.0738. The van der Waals surface area contributed by atoms with Crippen molar-refractivity contribution >= 4 is 22.6 Å². The summed E-state index contributed by atoms with van der Waals surface area (Å²) in [5, 5.41) is 8.82. The van der Waals surface area contributed by atoms with E-state index in [0.29, 0.717) is 11.3 Å². The van der Waals surface area contributed by atoms with Crippen LogP contribution in [0.25, 0.3) is 0 Å². The molecule has 0 radical (unpaired) electrons. The van der Waals surface area contributed by atoms with Gasteiger partial charge < -0.3 is 5.11 Å². The van der Waals surface area contributed by atoms with E-state index in [1.165, 1.54) is 6.07 Å². The molecule has 5 heteroatoms. The summed E-state index contributed by atoms with van der Waals surface area (Å²) in [6.45, 7) is 1.44. The number of hydrogen-bond acceptors (Lipinski definition) is 2. The van der Waals surface area contributed by atoms with Crippen molar-refractivity contribution in [2.24, 2.45) is 0 Å². The quantitative estimate of drug-likeness (QED) is 0.672. The van der Waals surface area contributed by atoms with Crippen LogP contribution >= 0.6 is 22.6 Å². The van der Waals surface area contributed by atoms with Gasteiger partial charge in [0.25, 0.3) is 6.43 Å². The van der Waals surface area contributed by atoms with Gasteiger partial charge in [-0.05, 0) is 41.1 Å². The molecule has 0 aliphatic rings. The molecule has 1 aromatic rings. The van der Waals surface area contributed by atoms with E-state index in [0.717, 1.165) is 0 Å². The minimum Gasteiger partial charge on any atom is -0.390 e. The number of nitrogens with zero attached hydrogens (tertiary/aromatic N) is 1. The van der Waals surface area contributed by atoms with E-state index < -0.39 is 6.43 Å². The zero-order valence-corrected chi connectivity index (χ0v) is 9.05. The first-order valence-electron chi connectivity index (χ1n) is 3.61. The molecule has 0 aliphatic carbocycles. The second kappa shape index (κ2) is 4.28. The number of halogens is 3. The highest BCUT2D eigenvalue weighted by molar-refractivity contribution is 14.1. The van der Waals surface area contributed by atoms with E-state index in [2.05, 4.69) is 4.98 Å². The van der Waals surface area contributed by atoms with Gasteiger partial charge in [-0.1, -0.05) is 0 Å². The summed E-state index contributed by atoms with van der Waals surface area (Å²) in [6.07, 6.45) is -2.51. The lowest BCUT2D eigenvalue weighted by molar-refractivity contribution is 0.149. The van der Waals surface area contributed by atoms with Crippen molar-refractivity contribution in [1.29, 1.82) is 0 Å². The van der Waals surface area contributed by atoms with Crippen LogP contribution in [0.15, 0.2) is 6.07 Å². The van der Waals surface area contributed by atoms with Crippen LogP contribution in [-0.4, -0.2) is 10.1 Å². The van der Waals surface area contributed by atoms with Crippen LogP contribution in [0.1, 0.15) is 23.2 Å². The average molecular weight is 299 g/mol. The van der Waals surface area contributed by atoms with Gasteiger partial charge in [-0.3, -0.25) is 0 Å². The number of aliphatic hydroxyl groups is 1. The normalized spacial score (nSPS) is 10.9. The molecule has 0 aliphatic heterocycles. The van der Waals surface area contributed by atoms with Gasteiger partial charge in [0, 0.05) is 5.56 Å². The molecule has 0 spiro atoms. The molecule has 2 nitrogen and oxygen atoms in total. The maximum Gasteiger partial charge on any atom is 0.266 e. The third-order valence-corrected chi connectivity index (χ3v) is 2.55. The Morgan fingerprint density at radius 1 is 1.62 bits per heavy atom. The maximum atomic E-state index is 12.3. The zero-order chi connectivity index (χ0) is 10.0. The molecule has 0 bridgehead atoms.